The second kappa shape index (κ2) is 6.63. The van der Waals surface area contributed by atoms with Crippen LogP contribution in [0.3, 0.4) is 0 Å². The summed E-state index contributed by atoms with van der Waals surface area (Å²) >= 11 is 0. The van der Waals surface area contributed by atoms with Gasteiger partial charge in [-0.15, -0.1) is 0 Å². The highest BCUT2D eigenvalue weighted by Gasteiger charge is 2.21. The number of amides is 1. The molecule has 0 saturated carbocycles. The normalized spacial score (nSPS) is 19.2. The van der Waals surface area contributed by atoms with Crippen molar-refractivity contribution in [1.82, 2.24) is 5.32 Å². The van der Waals surface area contributed by atoms with Crippen LogP contribution in [0.2, 0.25) is 0 Å². The lowest BCUT2D eigenvalue weighted by molar-refractivity contribution is -0.129. The van der Waals surface area contributed by atoms with Crippen molar-refractivity contribution in [3.63, 3.8) is 0 Å². The summed E-state index contributed by atoms with van der Waals surface area (Å²) in [6, 6.07) is 4.84. The van der Waals surface area contributed by atoms with Crippen LogP contribution < -0.4 is 11.1 Å². The standard InChI is InChI=1S/C14H19FN2O2/c15-13-6-10(7-16)3-4-11(13)8-17-14(18)12-2-1-5-19-9-12/h3-4,6,12H,1-2,5,7-9,16H2,(H,17,18). The van der Waals surface area contributed by atoms with E-state index < -0.39 is 0 Å². The van der Waals surface area contributed by atoms with Crippen LogP contribution in [0, 0.1) is 11.7 Å². The molecule has 1 aliphatic rings. The van der Waals surface area contributed by atoms with E-state index in [1.165, 1.54) is 6.07 Å². The van der Waals surface area contributed by atoms with Gasteiger partial charge < -0.3 is 15.8 Å². The molecule has 1 atom stereocenters. The van der Waals surface area contributed by atoms with Gasteiger partial charge in [-0.05, 0) is 24.5 Å². The van der Waals surface area contributed by atoms with E-state index in [9.17, 15) is 9.18 Å². The van der Waals surface area contributed by atoms with Crippen LogP contribution in [0.5, 0.6) is 0 Å². The van der Waals surface area contributed by atoms with E-state index in [0.717, 1.165) is 25.0 Å². The Morgan fingerprint density at radius 2 is 2.37 bits per heavy atom. The van der Waals surface area contributed by atoms with Gasteiger partial charge in [0.15, 0.2) is 0 Å². The molecule has 1 aromatic rings. The number of halogens is 1. The Balaban J connectivity index is 1.89. The van der Waals surface area contributed by atoms with Gasteiger partial charge in [-0.25, -0.2) is 4.39 Å². The molecule has 1 saturated heterocycles. The summed E-state index contributed by atoms with van der Waals surface area (Å²) in [6.07, 6.45) is 1.73. The maximum atomic E-state index is 13.7. The zero-order chi connectivity index (χ0) is 13.7. The topological polar surface area (TPSA) is 64.3 Å². The molecule has 1 aliphatic heterocycles. The van der Waals surface area contributed by atoms with Gasteiger partial charge in [-0.1, -0.05) is 12.1 Å². The molecule has 1 unspecified atom stereocenters. The highest BCUT2D eigenvalue weighted by atomic mass is 19.1. The van der Waals surface area contributed by atoms with Gasteiger partial charge in [0.25, 0.3) is 0 Å². The molecule has 3 N–H and O–H groups in total. The van der Waals surface area contributed by atoms with Crippen molar-refractivity contribution in [2.45, 2.75) is 25.9 Å². The third-order valence-corrected chi connectivity index (χ3v) is 3.34. The number of rotatable bonds is 4. The Morgan fingerprint density at radius 1 is 1.53 bits per heavy atom. The summed E-state index contributed by atoms with van der Waals surface area (Å²) in [4.78, 5) is 11.9. The van der Waals surface area contributed by atoms with Crippen molar-refractivity contribution in [2.24, 2.45) is 11.7 Å². The second-order valence-electron chi connectivity index (χ2n) is 4.76. The van der Waals surface area contributed by atoms with Crippen LogP contribution >= 0.6 is 0 Å². The van der Waals surface area contributed by atoms with Crippen molar-refractivity contribution < 1.29 is 13.9 Å². The average molecular weight is 266 g/mol. The average Bonchev–Trinajstić information content (AvgIpc) is 2.46. The summed E-state index contributed by atoms with van der Waals surface area (Å²) < 4.78 is 19.0. The fourth-order valence-corrected chi connectivity index (χ4v) is 2.14. The predicted octanol–water partition coefficient (Wildman–Crippen LogP) is 1.33. The first-order valence-electron chi connectivity index (χ1n) is 6.53. The van der Waals surface area contributed by atoms with E-state index in [-0.39, 0.29) is 24.2 Å². The first-order valence-corrected chi connectivity index (χ1v) is 6.53. The van der Waals surface area contributed by atoms with Crippen LogP contribution in [0.1, 0.15) is 24.0 Å². The first-order chi connectivity index (χ1) is 9.20. The summed E-state index contributed by atoms with van der Waals surface area (Å²) in [7, 11) is 0. The van der Waals surface area contributed by atoms with Gasteiger partial charge in [0.2, 0.25) is 5.91 Å². The summed E-state index contributed by atoms with van der Waals surface area (Å²) in [5.41, 5.74) is 6.66. The molecule has 1 amide bonds. The molecule has 4 nitrogen and oxygen atoms in total. The summed E-state index contributed by atoms with van der Waals surface area (Å²) in [5, 5.41) is 2.76. The fourth-order valence-electron chi connectivity index (χ4n) is 2.14. The maximum Gasteiger partial charge on any atom is 0.225 e. The summed E-state index contributed by atoms with van der Waals surface area (Å²) in [5.74, 6) is -0.509. The Kier molecular flexibility index (Phi) is 4.87. The smallest absolute Gasteiger partial charge is 0.225 e. The van der Waals surface area contributed by atoms with E-state index in [2.05, 4.69) is 5.32 Å². The van der Waals surface area contributed by atoms with Crippen molar-refractivity contribution in [2.75, 3.05) is 13.2 Å². The minimum atomic E-state index is -0.330. The minimum absolute atomic E-state index is 0.0676. The van der Waals surface area contributed by atoms with Crippen LogP contribution in [-0.2, 0) is 22.6 Å². The highest BCUT2D eigenvalue weighted by Crippen LogP contribution is 2.14. The number of carbonyl (C=O) groups excluding carboxylic acids is 1. The zero-order valence-electron chi connectivity index (χ0n) is 10.8. The fraction of sp³-hybridized carbons (Fsp3) is 0.500. The molecular formula is C14H19FN2O2. The molecule has 1 fully saturated rings. The van der Waals surface area contributed by atoms with Crippen LogP contribution in [0.4, 0.5) is 4.39 Å². The number of hydrogen-bond donors (Lipinski definition) is 2. The van der Waals surface area contributed by atoms with Crippen molar-refractivity contribution in [3.05, 3.63) is 35.1 Å². The lowest BCUT2D eigenvalue weighted by Crippen LogP contribution is -2.35. The quantitative estimate of drug-likeness (QED) is 0.864. The van der Waals surface area contributed by atoms with Gasteiger partial charge in [0.05, 0.1) is 12.5 Å². The molecule has 104 valence electrons. The third-order valence-electron chi connectivity index (χ3n) is 3.34. The Bertz CT molecular complexity index is 445. The summed E-state index contributed by atoms with van der Waals surface area (Å²) in [6.45, 7) is 1.69. The highest BCUT2D eigenvalue weighted by molar-refractivity contribution is 5.78. The second-order valence-corrected chi connectivity index (χ2v) is 4.76. The molecule has 0 bridgehead atoms. The van der Waals surface area contributed by atoms with E-state index in [1.54, 1.807) is 12.1 Å². The molecule has 0 aromatic heterocycles. The Labute approximate surface area is 112 Å². The third kappa shape index (κ3) is 3.75. The number of carbonyl (C=O) groups is 1. The van der Waals surface area contributed by atoms with Crippen LogP contribution in [0.25, 0.3) is 0 Å². The number of ether oxygens (including phenoxy) is 1. The van der Waals surface area contributed by atoms with E-state index in [1.807, 2.05) is 0 Å². The van der Waals surface area contributed by atoms with Crippen molar-refractivity contribution in [1.29, 1.82) is 0 Å². The molecule has 5 heteroatoms. The van der Waals surface area contributed by atoms with Crippen molar-refractivity contribution in [3.8, 4) is 0 Å². The molecular weight excluding hydrogens is 247 g/mol. The molecule has 19 heavy (non-hydrogen) atoms. The number of hydrogen-bond acceptors (Lipinski definition) is 3. The minimum Gasteiger partial charge on any atom is -0.381 e. The molecule has 1 heterocycles. The number of nitrogens with one attached hydrogen (secondary N) is 1. The molecule has 1 aromatic carbocycles. The van der Waals surface area contributed by atoms with Gasteiger partial charge in [0, 0.05) is 25.3 Å². The number of benzene rings is 1. The van der Waals surface area contributed by atoms with Gasteiger partial charge in [0.1, 0.15) is 5.82 Å². The van der Waals surface area contributed by atoms with Crippen LogP contribution in [0.15, 0.2) is 18.2 Å². The zero-order valence-corrected chi connectivity index (χ0v) is 10.8. The maximum absolute atomic E-state index is 13.7. The SMILES string of the molecule is NCc1ccc(CNC(=O)C2CCCOC2)c(F)c1. The Morgan fingerprint density at radius 3 is 3.00 bits per heavy atom. The van der Waals surface area contributed by atoms with Gasteiger partial charge >= 0.3 is 0 Å². The van der Waals surface area contributed by atoms with Crippen molar-refractivity contribution >= 4 is 5.91 Å². The first kappa shape index (κ1) is 14.0. The molecule has 2 rings (SSSR count). The lowest BCUT2D eigenvalue weighted by atomic mass is 10.0. The van der Waals surface area contributed by atoms with Crippen LogP contribution in [-0.4, -0.2) is 19.1 Å². The van der Waals surface area contributed by atoms with E-state index in [4.69, 9.17) is 10.5 Å². The lowest BCUT2D eigenvalue weighted by Gasteiger charge is -2.21. The monoisotopic (exact) mass is 266 g/mol. The predicted molar refractivity (Wildman–Crippen MR) is 69.7 cm³/mol. The molecule has 0 aliphatic carbocycles. The van der Waals surface area contributed by atoms with Gasteiger partial charge in [-0.2, -0.15) is 0 Å². The molecule has 0 spiro atoms. The van der Waals surface area contributed by atoms with Gasteiger partial charge in [-0.3, -0.25) is 4.79 Å². The molecule has 0 radical (unpaired) electrons. The van der Waals surface area contributed by atoms with E-state index >= 15 is 0 Å². The Hall–Kier alpha value is -1.46. The largest absolute Gasteiger partial charge is 0.381 e. The number of nitrogens with two attached hydrogens (primary N) is 1. The van der Waals surface area contributed by atoms with E-state index in [0.29, 0.717) is 18.7 Å².